The van der Waals surface area contributed by atoms with E-state index in [-0.39, 0.29) is 18.0 Å². The number of rotatable bonds is 4. The third-order valence-electron chi connectivity index (χ3n) is 4.18. The van der Waals surface area contributed by atoms with E-state index in [1.807, 2.05) is 16.7 Å². The summed E-state index contributed by atoms with van der Waals surface area (Å²) in [5.41, 5.74) is 1.23. The Balaban J connectivity index is 1.54. The van der Waals surface area contributed by atoms with Gasteiger partial charge in [-0.05, 0) is 31.0 Å². The molecule has 1 aromatic carbocycles. The molecular weight excluding hydrogens is 326 g/mol. The van der Waals surface area contributed by atoms with Crippen molar-refractivity contribution in [2.75, 3.05) is 43.1 Å². The lowest BCUT2D eigenvalue weighted by atomic mass is 10.1. The van der Waals surface area contributed by atoms with Crippen molar-refractivity contribution in [1.29, 1.82) is 0 Å². The van der Waals surface area contributed by atoms with Crippen LogP contribution < -0.4 is 10.6 Å². The standard InChI is InChI=1S/C17H23N3O3S/c21-16(20-6-9-24-10-7-20)13-3-1-4-14(11-13)19-17(22)18-12-15-5-2-8-23-15/h1,3-4,11,15H,2,5-10,12H2,(H2,18,19,22)/t15-/m0/s1. The van der Waals surface area contributed by atoms with Gasteiger partial charge in [0.05, 0.1) is 6.10 Å². The van der Waals surface area contributed by atoms with E-state index >= 15 is 0 Å². The summed E-state index contributed by atoms with van der Waals surface area (Å²) < 4.78 is 5.48. The highest BCUT2D eigenvalue weighted by atomic mass is 32.2. The van der Waals surface area contributed by atoms with Gasteiger partial charge < -0.3 is 20.3 Å². The fraction of sp³-hybridized carbons (Fsp3) is 0.529. The SMILES string of the molecule is O=C(NC[C@@H]1CCCO1)Nc1cccc(C(=O)N2CCSCC2)c1. The Morgan fingerprint density at radius 3 is 2.88 bits per heavy atom. The molecule has 130 valence electrons. The van der Waals surface area contributed by atoms with E-state index in [4.69, 9.17) is 4.74 Å². The van der Waals surface area contributed by atoms with Gasteiger partial charge in [-0.2, -0.15) is 11.8 Å². The molecule has 2 fully saturated rings. The van der Waals surface area contributed by atoms with Crippen LogP contribution >= 0.6 is 11.8 Å². The molecule has 0 bridgehead atoms. The minimum absolute atomic E-state index is 0.0266. The maximum absolute atomic E-state index is 12.5. The number of anilines is 1. The van der Waals surface area contributed by atoms with Crippen molar-refractivity contribution in [3.8, 4) is 0 Å². The van der Waals surface area contributed by atoms with Gasteiger partial charge in [-0.25, -0.2) is 4.79 Å². The number of hydrogen-bond donors (Lipinski definition) is 2. The van der Waals surface area contributed by atoms with Gasteiger partial charge in [0.2, 0.25) is 0 Å². The quantitative estimate of drug-likeness (QED) is 0.874. The lowest BCUT2D eigenvalue weighted by molar-refractivity contribution is 0.0772. The van der Waals surface area contributed by atoms with Gasteiger partial charge in [-0.1, -0.05) is 6.07 Å². The molecule has 24 heavy (non-hydrogen) atoms. The largest absolute Gasteiger partial charge is 0.376 e. The Hall–Kier alpha value is -1.73. The zero-order valence-electron chi connectivity index (χ0n) is 13.6. The van der Waals surface area contributed by atoms with Gasteiger partial charge in [-0.15, -0.1) is 0 Å². The van der Waals surface area contributed by atoms with Gasteiger partial charge in [0.15, 0.2) is 0 Å². The number of carbonyl (C=O) groups excluding carboxylic acids is 2. The number of ether oxygens (including phenoxy) is 1. The molecule has 2 aliphatic rings. The summed E-state index contributed by atoms with van der Waals surface area (Å²) >= 11 is 1.87. The van der Waals surface area contributed by atoms with Gasteiger partial charge in [-0.3, -0.25) is 4.79 Å². The molecule has 2 N–H and O–H groups in total. The van der Waals surface area contributed by atoms with Crippen molar-refractivity contribution in [1.82, 2.24) is 10.2 Å². The highest BCUT2D eigenvalue weighted by Crippen LogP contribution is 2.16. The zero-order valence-corrected chi connectivity index (χ0v) is 14.4. The van der Waals surface area contributed by atoms with E-state index in [0.29, 0.717) is 17.8 Å². The summed E-state index contributed by atoms with van der Waals surface area (Å²) in [6.45, 7) is 2.84. The average Bonchev–Trinajstić information content (AvgIpc) is 3.14. The van der Waals surface area contributed by atoms with Crippen LogP contribution in [0.25, 0.3) is 0 Å². The molecule has 7 heteroatoms. The summed E-state index contributed by atoms with van der Waals surface area (Å²) in [7, 11) is 0. The number of benzene rings is 1. The Bertz CT molecular complexity index is 584. The fourth-order valence-electron chi connectivity index (χ4n) is 2.87. The molecule has 3 rings (SSSR count). The fourth-order valence-corrected chi connectivity index (χ4v) is 3.77. The predicted octanol–water partition coefficient (Wildman–Crippen LogP) is 2.18. The molecule has 6 nitrogen and oxygen atoms in total. The van der Waals surface area contributed by atoms with E-state index in [9.17, 15) is 9.59 Å². The maximum Gasteiger partial charge on any atom is 0.319 e. The van der Waals surface area contributed by atoms with Crippen LogP contribution in [0.3, 0.4) is 0 Å². The van der Waals surface area contributed by atoms with E-state index in [0.717, 1.165) is 44.0 Å². The second kappa shape index (κ2) is 8.39. The van der Waals surface area contributed by atoms with E-state index < -0.39 is 0 Å². The van der Waals surface area contributed by atoms with Crippen molar-refractivity contribution in [3.63, 3.8) is 0 Å². The molecule has 1 aromatic rings. The first-order valence-electron chi connectivity index (χ1n) is 8.36. The molecule has 0 aromatic heterocycles. The van der Waals surface area contributed by atoms with Crippen LogP contribution in [0, 0.1) is 0 Å². The van der Waals surface area contributed by atoms with Crippen LogP contribution in [-0.2, 0) is 4.74 Å². The number of carbonyl (C=O) groups is 2. The Labute approximate surface area is 146 Å². The molecule has 0 spiro atoms. The third kappa shape index (κ3) is 4.64. The van der Waals surface area contributed by atoms with Crippen LogP contribution in [-0.4, -0.2) is 60.7 Å². The highest BCUT2D eigenvalue weighted by Gasteiger charge is 2.19. The number of urea groups is 1. The summed E-state index contributed by atoms with van der Waals surface area (Å²) in [6.07, 6.45) is 2.14. The maximum atomic E-state index is 12.5. The highest BCUT2D eigenvalue weighted by molar-refractivity contribution is 7.99. The van der Waals surface area contributed by atoms with Crippen molar-refractivity contribution in [2.45, 2.75) is 18.9 Å². The minimum Gasteiger partial charge on any atom is -0.376 e. The smallest absolute Gasteiger partial charge is 0.319 e. The number of thioether (sulfide) groups is 1. The second-order valence-electron chi connectivity index (χ2n) is 5.96. The topological polar surface area (TPSA) is 70.7 Å². The first kappa shape index (κ1) is 17.1. The molecule has 0 unspecified atom stereocenters. The van der Waals surface area contributed by atoms with E-state index in [1.54, 1.807) is 24.3 Å². The summed E-state index contributed by atoms with van der Waals surface area (Å²) in [5, 5.41) is 5.60. The monoisotopic (exact) mass is 349 g/mol. The van der Waals surface area contributed by atoms with Crippen LogP contribution in [0.1, 0.15) is 23.2 Å². The van der Waals surface area contributed by atoms with Crippen molar-refractivity contribution in [2.24, 2.45) is 0 Å². The van der Waals surface area contributed by atoms with Crippen molar-refractivity contribution in [3.05, 3.63) is 29.8 Å². The molecule has 0 aliphatic carbocycles. The molecular formula is C17H23N3O3S. The van der Waals surface area contributed by atoms with Crippen molar-refractivity contribution >= 4 is 29.4 Å². The normalized spacial score (nSPS) is 20.7. The number of amides is 3. The lowest BCUT2D eigenvalue weighted by Crippen LogP contribution is -2.38. The van der Waals surface area contributed by atoms with E-state index in [1.165, 1.54) is 0 Å². The third-order valence-corrected chi connectivity index (χ3v) is 5.12. The second-order valence-corrected chi connectivity index (χ2v) is 7.18. The molecule has 1 atom stereocenters. The van der Waals surface area contributed by atoms with Crippen molar-refractivity contribution < 1.29 is 14.3 Å². The molecule has 2 aliphatic heterocycles. The van der Waals surface area contributed by atoms with Gasteiger partial charge in [0.1, 0.15) is 0 Å². The number of nitrogens with one attached hydrogen (secondary N) is 2. The summed E-state index contributed by atoms with van der Waals surface area (Å²) in [4.78, 5) is 26.4. The Morgan fingerprint density at radius 1 is 1.29 bits per heavy atom. The first-order valence-corrected chi connectivity index (χ1v) is 9.51. The number of nitrogens with zero attached hydrogens (tertiary/aromatic N) is 1. The Kier molecular flexibility index (Phi) is 5.98. The van der Waals surface area contributed by atoms with Gasteiger partial charge in [0.25, 0.3) is 5.91 Å². The van der Waals surface area contributed by atoms with Crippen LogP contribution in [0.15, 0.2) is 24.3 Å². The van der Waals surface area contributed by atoms with Crippen LogP contribution in [0.5, 0.6) is 0 Å². The molecule has 0 radical (unpaired) electrons. The summed E-state index contributed by atoms with van der Waals surface area (Å²) in [6, 6.07) is 6.83. The Morgan fingerprint density at radius 2 is 2.12 bits per heavy atom. The lowest BCUT2D eigenvalue weighted by Gasteiger charge is -2.26. The minimum atomic E-state index is -0.274. The van der Waals surface area contributed by atoms with Gasteiger partial charge >= 0.3 is 6.03 Å². The van der Waals surface area contributed by atoms with E-state index in [2.05, 4.69) is 10.6 Å². The first-order chi connectivity index (χ1) is 11.7. The average molecular weight is 349 g/mol. The zero-order chi connectivity index (χ0) is 16.8. The molecule has 2 heterocycles. The van der Waals surface area contributed by atoms with Crippen LogP contribution in [0.2, 0.25) is 0 Å². The predicted molar refractivity (Wildman–Crippen MR) is 95.7 cm³/mol. The number of hydrogen-bond acceptors (Lipinski definition) is 4. The molecule has 0 saturated carbocycles. The van der Waals surface area contributed by atoms with Crippen LogP contribution in [0.4, 0.5) is 10.5 Å². The summed E-state index contributed by atoms with van der Waals surface area (Å²) in [5.74, 6) is 1.99. The van der Waals surface area contributed by atoms with Gasteiger partial charge in [0, 0.05) is 49.0 Å². The molecule has 2 saturated heterocycles. The molecule has 3 amide bonds.